The standard InChI is InChI=1S/C23H25N5O2/c1-3-29-21-7-5-11-26-23(21)27-13-18-15-28(14-16(2)30-18)20-9-8-17(12-24)22-19(20)6-4-10-25-22/h4-11,16,18H,3,13-15H2,1-2H3,(H,26,27)/t16-,18+/m1/s1. The van der Waals surface area contributed by atoms with Gasteiger partial charge in [-0.15, -0.1) is 0 Å². The minimum atomic E-state index is -0.0207. The van der Waals surface area contributed by atoms with E-state index in [-0.39, 0.29) is 12.2 Å². The third-order valence-corrected chi connectivity index (χ3v) is 5.10. The predicted molar refractivity (Wildman–Crippen MR) is 117 cm³/mol. The van der Waals surface area contributed by atoms with Gasteiger partial charge in [0.15, 0.2) is 11.6 Å². The number of aromatic nitrogens is 2. The fraction of sp³-hybridized carbons (Fsp3) is 0.348. The molecule has 0 saturated carbocycles. The number of rotatable bonds is 6. The Morgan fingerprint density at radius 1 is 1.20 bits per heavy atom. The number of ether oxygens (including phenoxy) is 2. The van der Waals surface area contributed by atoms with E-state index in [9.17, 15) is 5.26 Å². The minimum absolute atomic E-state index is 0.0207. The second-order valence-corrected chi connectivity index (χ2v) is 7.28. The molecule has 0 spiro atoms. The van der Waals surface area contributed by atoms with Gasteiger partial charge in [-0.2, -0.15) is 5.26 Å². The SMILES string of the molecule is CCOc1cccnc1NC[C@H]1CN(c2ccc(C#N)c3ncccc23)C[C@@H](C)O1. The van der Waals surface area contributed by atoms with Crippen molar-refractivity contribution in [2.45, 2.75) is 26.1 Å². The molecule has 154 valence electrons. The molecule has 1 aliphatic heterocycles. The van der Waals surface area contributed by atoms with Crippen LogP contribution in [0, 0.1) is 11.3 Å². The van der Waals surface area contributed by atoms with Gasteiger partial charge in [-0.25, -0.2) is 4.98 Å². The maximum absolute atomic E-state index is 9.41. The summed E-state index contributed by atoms with van der Waals surface area (Å²) in [6.07, 6.45) is 3.53. The molecule has 7 heteroatoms. The molecule has 1 aliphatic rings. The molecule has 0 radical (unpaired) electrons. The molecular formula is C23H25N5O2. The number of anilines is 2. The first-order chi connectivity index (χ1) is 14.7. The Morgan fingerprint density at radius 2 is 2.03 bits per heavy atom. The highest BCUT2D eigenvalue weighted by Crippen LogP contribution is 2.30. The summed E-state index contributed by atoms with van der Waals surface area (Å²) in [5.41, 5.74) is 2.40. The maximum Gasteiger partial charge on any atom is 0.168 e. The van der Waals surface area contributed by atoms with Crippen LogP contribution in [0.3, 0.4) is 0 Å². The van der Waals surface area contributed by atoms with Crippen LogP contribution in [0.25, 0.3) is 10.9 Å². The fourth-order valence-electron chi connectivity index (χ4n) is 3.88. The highest BCUT2D eigenvalue weighted by atomic mass is 16.5. The van der Waals surface area contributed by atoms with Crippen LogP contribution < -0.4 is 15.0 Å². The minimum Gasteiger partial charge on any atom is -0.490 e. The third kappa shape index (κ3) is 4.14. The van der Waals surface area contributed by atoms with Crippen molar-refractivity contribution in [1.82, 2.24) is 9.97 Å². The van der Waals surface area contributed by atoms with E-state index in [0.717, 1.165) is 41.2 Å². The first-order valence-corrected chi connectivity index (χ1v) is 10.2. The molecule has 0 bridgehead atoms. The molecule has 1 aromatic carbocycles. The van der Waals surface area contributed by atoms with Crippen LogP contribution >= 0.6 is 0 Å². The second-order valence-electron chi connectivity index (χ2n) is 7.28. The number of nitriles is 1. The average Bonchev–Trinajstić information content (AvgIpc) is 2.77. The zero-order valence-corrected chi connectivity index (χ0v) is 17.2. The number of benzene rings is 1. The van der Waals surface area contributed by atoms with Crippen LogP contribution in [0.5, 0.6) is 5.75 Å². The van der Waals surface area contributed by atoms with Gasteiger partial charge in [-0.1, -0.05) is 0 Å². The molecule has 0 amide bonds. The van der Waals surface area contributed by atoms with Crippen LogP contribution in [-0.2, 0) is 4.74 Å². The highest BCUT2D eigenvalue weighted by Gasteiger charge is 2.27. The van der Waals surface area contributed by atoms with Crippen LogP contribution in [-0.4, -0.2) is 48.4 Å². The molecule has 7 nitrogen and oxygen atoms in total. The van der Waals surface area contributed by atoms with E-state index in [1.165, 1.54) is 0 Å². The Kier molecular flexibility index (Phi) is 5.96. The lowest BCUT2D eigenvalue weighted by Crippen LogP contribution is -2.49. The van der Waals surface area contributed by atoms with Gasteiger partial charge in [-0.3, -0.25) is 4.98 Å². The zero-order valence-electron chi connectivity index (χ0n) is 17.2. The van der Waals surface area contributed by atoms with Gasteiger partial charge < -0.3 is 19.7 Å². The van der Waals surface area contributed by atoms with Crippen molar-refractivity contribution in [2.75, 3.05) is 36.5 Å². The molecule has 2 aromatic heterocycles. The van der Waals surface area contributed by atoms with E-state index in [4.69, 9.17) is 9.47 Å². The Bertz CT molecular complexity index is 1060. The van der Waals surface area contributed by atoms with Crippen molar-refractivity contribution in [3.8, 4) is 11.8 Å². The Morgan fingerprint density at radius 3 is 2.87 bits per heavy atom. The molecular weight excluding hydrogens is 378 g/mol. The molecule has 30 heavy (non-hydrogen) atoms. The van der Waals surface area contributed by atoms with Gasteiger partial charge in [0.1, 0.15) is 6.07 Å². The maximum atomic E-state index is 9.41. The summed E-state index contributed by atoms with van der Waals surface area (Å²) >= 11 is 0. The topological polar surface area (TPSA) is 83.3 Å². The number of fused-ring (bicyclic) bond motifs is 1. The van der Waals surface area contributed by atoms with Crippen molar-refractivity contribution in [3.63, 3.8) is 0 Å². The monoisotopic (exact) mass is 403 g/mol. The van der Waals surface area contributed by atoms with E-state index in [1.54, 1.807) is 12.4 Å². The van der Waals surface area contributed by atoms with E-state index in [2.05, 4.69) is 33.2 Å². The second kappa shape index (κ2) is 8.97. The van der Waals surface area contributed by atoms with Crippen LogP contribution in [0.15, 0.2) is 48.8 Å². The first kappa shape index (κ1) is 19.9. The van der Waals surface area contributed by atoms with Gasteiger partial charge in [0.25, 0.3) is 0 Å². The van der Waals surface area contributed by atoms with Crippen molar-refractivity contribution >= 4 is 22.4 Å². The lowest BCUT2D eigenvalue weighted by molar-refractivity contribution is -0.00825. The highest BCUT2D eigenvalue weighted by molar-refractivity contribution is 5.95. The summed E-state index contributed by atoms with van der Waals surface area (Å²) in [6, 6.07) is 13.8. The fourth-order valence-corrected chi connectivity index (χ4v) is 3.88. The van der Waals surface area contributed by atoms with Crippen molar-refractivity contribution in [2.24, 2.45) is 0 Å². The summed E-state index contributed by atoms with van der Waals surface area (Å²) < 4.78 is 11.8. The van der Waals surface area contributed by atoms with Gasteiger partial charge >= 0.3 is 0 Å². The molecule has 4 rings (SSSR count). The normalized spacial score (nSPS) is 18.8. The number of nitrogens with zero attached hydrogens (tertiary/aromatic N) is 4. The van der Waals surface area contributed by atoms with E-state index in [1.807, 2.05) is 43.3 Å². The van der Waals surface area contributed by atoms with Crippen molar-refractivity contribution < 1.29 is 9.47 Å². The largest absolute Gasteiger partial charge is 0.490 e. The number of morpholine rings is 1. The van der Waals surface area contributed by atoms with Crippen LogP contribution in [0.1, 0.15) is 19.4 Å². The summed E-state index contributed by atoms with van der Waals surface area (Å²) in [4.78, 5) is 11.1. The lowest BCUT2D eigenvalue weighted by Gasteiger charge is -2.38. The molecule has 3 heterocycles. The zero-order chi connectivity index (χ0) is 20.9. The summed E-state index contributed by atoms with van der Waals surface area (Å²) in [7, 11) is 0. The number of nitrogens with one attached hydrogen (secondary N) is 1. The van der Waals surface area contributed by atoms with E-state index >= 15 is 0 Å². The average molecular weight is 403 g/mol. The molecule has 1 saturated heterocycles. The Hall–Kier alpha value is -3.37. The molecule has 1 fully saturated rings. The van der Waals surface area contributed by atoms with E-state index < -0.39 is 0 Å². The first-order valence-electron chi connectivity index (χ1n) is 10.2. The third-order valence-electron chi connectivity index (χ3n) is 5.10. The van der Waals surface area contributed by atoms with Gasteiger partial charge in [0.2, 0.25) is 0 Å². The molecule has 1 N–H and O–H groups in total. The van der Waals surface area contributed by atoms with Crippen LogP contribution in [0.2, 0.25) is 0 Å². The van der Waals surface area contributed by atoms with Crippen molar-refractivity contribution in [1.29, 1.82) is 5.26 Å². The van der Waals surface area contributed by atoms with Gasteiger partial charge in [0, 0.05) is 43.1 Å². The van der Waals surface area contributed by atoms with Gasteiger partial charge in [-0.05, 0) is 50.2 Å². The van der Waals surface area contributed by atoms with Gasteiger partial charge in [0.05, 0.1) is 29.9 Å². The summed E-state index contributed by atoms with van der Waals surface area (Å²) in [5.74, 6) is 1.46. The van der Waals surface area contributed by atoms with Crippen LogP contribution in [0.4, 0.5) is 11.5 Å². The Labute approximate surface area is 176 Å². The van der Waals surface area contributed by atoms with E-state index in [0.29, 0.717) is 18.7 Å². The summed E-state index contributed by atoms with van der Waals surface area (Å²) in [5, 5.41) is 13.8. The predicted octanol–water partition coefficient (Wildman–Crippen LogP) is 3.61. The number of hydrogen-bond acceptors (Lipinski definition) is 7. The molecule has 3 aromatic rings. The lowest BCUT2D eigenvalue weighted by atomic mass is 10.1. The Balaban J connectivity index is 1.54. The molecule has 2 atom stereocenters. The smallest absolute Gasteiger partial charge is 0.168 e. The molecule has 0 aliphatic carbocycles. The quantitative estimate of drug-likeness (QED) is 0.673. The number of pyridine rings is 2. The summed E-state index contributed by atoms with van der Waals surface area (Å²) in [6.45, 7) is 6.74. The number of hydrogen-bond donors (Lipinski definition) is 1. The van der Waals surface area contributed by atoms with Crippen molar-refractivity contribution in [3.05, 3.63) is 54.4 Å². The molecule has 0 unspecified atom stereocenters.